The molecule has 2 aromatic rings. The summed E-state index contributed by atoms with van der Waals surface area (Å²) >= 11 is 5.58. The second-order valence-corrected chi connectivity index (χ2v) is 6.46. The molecule has 1 heterocycles. The summed E-state index contributed by atoms with van der Waals surface area (Å²) in [4.78, 5) is 3.36. The standard InChI is InChI=1S/C16H22N2S/c1-11(2)12-7-3-5-9-14(12)18-15-10-6-4-8-13(15)17-16(18)19/h4,6,8,10-12,14H,3,5,7,9H2,1-2H3,(H,17,19). The van der Waals surface area contributed by atoms with E-state index in [1.165, 1.54) is 36.7 Å². The first kappa shape index (κ1) is 12.9. The fourth-order valence-corrected chi connectivity index (χ4v) is 3.99. The molecule has 3 heteroatoms. The number of hydrogen-bond acceptors (Lipinski definition) is 1. The van der Waals surface area contributed by atoms with Crippen LogP contribution in [-0.2, 0) is 0 Å². The minimum absolute atomic E-state index is 0.567. The molecule has 1 aromatic carbocycles. The Bertz CT molecular complexity index is 623. The molecule has 2 unspecified atom stereocenters. The van der Waals surface area contributed by atoms with E-state index < -0.39 is 0 Å². The van der Waals surface area contributed by atoms with Crippen molar-refractivity contribution in [3.05, 3.63) is 29.0 Å². The van der Waals surface area contributed by atoms with E-state index in [1.54, 1.807) is 0 Å². The van der Waals surface area contributed by atoms with Gasteiger partial charge >= 0.3 is 0 Å². The molecule has 0 spiro atoms. The third-order valence-electron chi connectivity index (χ3n) is 4.59. The Morgan fingerprint density at radius 2 is 1.95 bits per heavy atom. The van der Waals surface area contributed by atoms with Gasteiger partial charge in [-0.2, -0.15) is 0 Å². The number of nitrogens with zero attached hydrogens (tertiary/aromatic N) is 1. The van der Waals surface area contributed by atoms with E-state index in [-0.39, 0.29) is 0 Å². The van der Waals surface area contributed by atoms with Crippen molar-refractivity contribution in [2.24, 2.45) is 11.8 Å². The van der Waals surface area contributed by atoms with Crippen molar-refractivity contribution in [2.75, 3.05) is 0 Å². The summed E-state index contributed by atoms with van der Waals surface area (Å²) in [5, 5.41) is 0. The first-order chi connectivity index (χ1) is 9.18. The fraction of sp³-hybridized carbons (Fsp3) is 0.562. The van der Waals surface area contributed by atoms with Crippen LogP contribution >= 0.6 is 12.2 Å². The van der Waals surface area contributed by atoms with Gasteiger partial charge in [-0.25, -0.2) is 0 Å². The van der Waals surface area contributed by atoms with E-state index in [0.29, 0.717) is 6.04 Å². The topological polar surface area (TPSA) is 20.7 Å². The number of fused-ring (bicyclic) bond motifs is 1. The quantitative estimate of drug-likeness (QED) is 0.757. The average Bonchev–Trinajstić information content (AvgIpc) is 2.74. The van der Waals surface area contributed by atoms with E-state index in [2.05, 4.69) is 47.7 Å². The van der Waals surface area contributed by atoms with Crippen molar-refractivity contribution in [1.29, 1.82) is 0 Å². The van der Waals surface area contributed by atoms with Crippen LogP contribution in [0.2, 0.25) is 0 Å². The van der Waals surface area contributed by atoms with Crippen molar-refractivity contribution in [3.63, 3.8) is 0 Å². The van der Waals surface area contributed by atoms with E-state index in [1.807, 2.05) is 0 Å². The van der Waals surface area contributed by atoms with E-state index in [4.69, 9.17) is 12.2 Å². The number of hydrogen-bond donors (Lipinski definition) is 1. The molecular formula is C16H22N2S. The number of rotatable bonds is 2. The molecule has 2 atom stereocenters. The van der Waals surface area contributed by atoms with Gasteiger partial charge in [0.15, 0.2) is 4.77 Å². The molecule has 1 fully saturated rings. The van der Waals surface area contributed by atoms with Gasteiger partial charge in [-0.1, -0.05) is 38.8 Å². The fourth-order valence-electron chi connectivity index (χ4n) is 3.64. The lowest BCUT2D eigenvalue weighted by atomic mass is 9.77. The second kappa shape index (κ2) is 5.12. The highest BCUT2D eigenvalue weighted by Gasteiger charge is 2.30. The van der Waals surface area contributed by atoms with Gasteiger partial charge in [0.05, 0.1) is 11.0 Å². The molecule has 0 saturated heterocycles. The first-order valence-corrected chi connectivity index (χ1v) is 7.78. The zero-order chi connectivity index (χ0) is 13.4. The van der Waals surface area contributed by atoms with Gasteiger partial charge in [-0.05, 0) is 49.0 Å². The largest absolute Gasteiger partial charge is 0.331 e. The van der Waals surface area contributed by atoms with Crippen LogP contribution in [0.1, 0.15) is 45.6 Å². The molecule has 0 radical (unpaired) electrons. The molecule has 1 N–H and O–H groups in total. The van der Waals surface area contributed by atoms with Crippen molar-refractivity contribution >= 4 is 23.3 Å². The first-order valence-electron chi connectivity index (χ1n) is 7.37. The lowest BCUT2D eigenvalue weighted by Crippen LogP contribution is -2.27. The predicted molar refractivity (Wildman–Crippen MR) is 83.0 cm³/mol. The maximum absolute atomic E-state index is 5.58. The minimum Gasteiger partial charge on any atom is -0.331 e. The van der Waals surface area contributed by atoms with Crippen LogP contribution in [0.25, 0.3) is 11.0 Å². The highest BCUT2D eigenvalue weighted by atomic mass is 32.1. The number of benzene rings is 1. The van der Waals surface area contributed by atoms with Crippen LogP contribution in [0.3, 0.4) is 0 Å². The van der Waals surface area contributed by atoms with E-state index in [0.717, 1.165) is 16.6 Å². The summed E-state index contributed by atoms with van der Waals surface area (Å²) in [5.74, 6) is 1.47. The molecule has 0 amide bonds. The summed E-state index contributed by atoms with van der Waals surface area (Å²) in [7, 11) is 0. The Morgan fingerprint density at radius 1 is 1.21 bits per heavy atom. The zero-order valence-corrected chi connectivity index (χ0v) is 12.5. The smallest absolute Gasteiger partial charge is 0.178 e. The van der Waals surface area contributed by atoms with Gasteiger partial charge in [0.1, 0.15) is 0 Å². The van der Waals surface area contributed by atoms with Crippen molar-refractivity contribution in [1.82, 2.24) is 9.55 Å². The van der Waals surface area contributed by atoms with Crippen molar-refractivity contribution < 1.29 is 0 Å². The van der Waals surface area contributed by atoms with Crippen LogP contribution in [0.15, 0.2) is 24.3 Å². The Labute approximate surface area is 119 Å². The Morgan fingerprint density at radius 3 is 2.74 bits per heavy atom. The molecule has 1 aromatic heterocycles. The van der Waals surface area contributed by atoms with Crippen molar-refractivity contribution in [2.45, 2.75) is 45.6 Å². The molecule has 1 aliphatic carbocycles. The summed E-state index contributed by atoms with van der Waals surface area (Å²) in [6.45, 7) is 4.70. The van der Waals surface area contributed by atoms with Gasteiger partial charge in [0.25, 0.3) is 0 Å². The number of imidazole rings is 1. The van der Waals surface area contributed by atoms with Gasteiger partial charge < -0.3 is 9.55 Å². The van der Waals surface area contributed by atoms with Crippen LogP contribution in [0.4, 0.5) is 0 Å². The van der Waals surface area contributed by atoms with E-state index >= 15 is 0 Å². The molecule has 19 heavy (non-hydrogen) atoms. The number of H-pyrrole nitrogens is 1. The summed E-state index contributed by atoms with van der Waals surface area (Å²) in [6.07, 6.45) is 5.30. The predicted octanol–water partition coefficient (Wildman–Crippen LogP) is 5.09. The molecule has 1 aliphatic rings. The molecule has 0 aliphatic heterocycles. The second-order valence-electron chi connectivity index (χ2n) is 6.08. The molecule has 1 saturated carbocycles. The van der Waals surface area contributed by atoms with E-state index in [9.17, 15) is 0 Å². The van der Waals surface area contributed by atoms with Crippen LogP contribution in [0, 0.1) is 16.6 Å². The summed E-state index contributed by atoms with van der Waals surface area (Å²) in [6, 6.07) is 9.05. The Hall–Kier alpha value is -1.09. The molecule has 2 nitrogen and oxygen atoms in total. The lowest BCUT2D eigenvalue weighted by Gasteiger charge is -2.35. The van der Waals surface area contributed by atoms with Gasteiger partial charge in [0.2, 0.25) is 0 Å². The minimum atomic E-state index is 0.567. The summed E-state index contributed by atoms with van der Waals surface area (Å²) < 4.78 is 3.27. The Kier molecular flexibility index (Phi) is 3.48. The van der Waals surface area contributed by atoms with Crippen LogP contribution in [-0.4, -0.2) is 9.55 Å². The average molecular weight is 274 g/mol. The maximum atomic E-state index is 5.58. The SMILES string of the molecule is CC(C)C1CCCCC1n1c(=S)[nH]c2ccccc21. The van der Waals surface area contributed by atoms with Crippen LogP contribution < -0.4 is 0 Å². The monoisotopic (exact) mass is 274 g/mol. The third-order valence-corrected chi connectivity index (χ3v) is 4.89. The highest BCUT2D eigenvalue weighted by Crippen LogP contribution is 2.40. The maximum Gasteiger partial charge on any atom is 0.178 e. The van der Waals surface area contributed by atoms with Gasteiger partial charge in [-0.3, -0.25) is 0 Å². The number of para-hydroxylation sites is 2. The Balaban J connectivity index is 2.12. The van der Waals surface area contributed by atoms with Gasteiger partial charge in [-0.15, -0.1) is 0 Å². The van der Waals surface area contributed by atoms with Crippen LogP contribution in [0.5, 0.6) is 0 Å². The molecule has 3 rings (SSSR count). The van der Waals surface area contributed by atoms with Crippen molar-refractivity contribution in [3.8, 4) is 0 Å². The van der Waals surface area contributed by atoms with Gasteiger partial charge in [0, 0.05) is 6.04 Å². The number of aromatic amines is 1. The molecular weight excluding hydrogens is 252 g/mol. The summed E-state index contributed by atoms with van der Waals surface area (Å²) in [5.41, 5.74) is 2.44. The zero-order valence-electron chi connectivity index (χ0n) is 11.7. The normalized spacial score (nSPS) is 24.2. The highest BCUT2D eigenvalue weighted by molar-refractivity contribution is 7.71. The number of nitrogens with one attached hydrogen (secondary N) is 1. The third kappa shape index (κ3) is 2.25. The lowest BCUT2D eigenvalue weighted by molar-refractivity contribution is 0.186. The molecule has 0 bridgehead atoms. The molecule has 102 valence electrons. The number of aromatic nitrogens is 2.